The van der Waals surface area contributed by atoms with Crippen molar-refractivity contribution in [1.82, 2.24) is 10.2 Å². The molecule has 10 heteroatoms. The average molecular weight is 504 g/mol. The van der Waals surface area contributed by atoms with Gasteiger partial charge in [0.1, 0.15) is 17.1 Å². The lowest BCUT2D eigenvalue weighted by Gasteiger charge is -2.21. The predicted octanol–water partition coefficient (Wildman–Crippen LogP) is 3.05. The van der Waals surface area contributed by atoms with E-state index in [1.165, 1.54) is 18.2 Å². The van der Waals surface area contributed by atoms with Crippen LogP contribution >= 0.6 is 0 Å². The summed E-state index contributed by atoms with van der Waals surface area (Å²) in [6.45, 7) is 6.00. The van der Waals surface area contributed by atoms with Gasteiger partial charge in [-0.05, 0) is 80.2 Å². The monoisotopic (exact) mass is 503 g/mol. The fraction of sp³-hybridized carbons (Fsp3) is 0.480. The second kappa shape index (κ2) is 9.40. The van der Waals surface area contributed by atoms with Crippen LogP contribution in [0.1, 0.15) is 47.2 Å². The number of sulfonamides is 1. The first-order valence-corrected chi connectivity index (χ1v) is 13.5. The van der Waals surface area contributed by atoms with Crippen molar-refractivity contribution >= 4 is 21.7 Å². The van der Waals surface area contributed by atoms with Gasteiger partial charge in [0.15, 0.2) is 0 Å². The number of anilines is 1. The lowest BCUT2D eigenvalue weighted by Crippen LogP contribution is -2.34. The maximum atomic E-state index is 14.1. The van der Waals surface area contributed by atoms with Gasteiger partial charge in [0, 0.05) is 18.5 Å². The van der Waals surface area contributed by atoms with Crippen molar-refractivity contribution in [2.45, 2.75) is 43.0 Å². The Morgan fingerprint density at radius 1 is 1.29 bits per heavy atom. The van der Waals surface area contributed by atoms with Crippen LogP contribution in [-0.4, -0.2) is 63.2 Å². The standard InChI is InChI=1S/C25H30FN3O5S/c1-2-29-10-8-18(13-29)27-9-7-15-11-17(26)3-6-22(15)35(32,33)28-21-5-4-19-20-12-16(20)14-34-24(19)23(21)25(30)31/h3-6,11,16,18,20,27-28H,2,7-10,12-14H2,1H3,(H,30,31)/t16-,18?,20-/m0/s1. The zero-order valence-corrected chi connectivity index (χ0v) is 20.4. The highest BCUT2D eigenvalue weighted by atomic mass is 32.2. The van der Waals surface area contributed by atoms with Crippen molar-refractivity contribution in [3.63, 3.8) is 0 Å². The molecule has 3 N–H and O–H groups in total. The van der Waals surface area contributed by atoms with Gasteiger partial charge in [-0.1, -0.05) is 13.0 Å². The van der Waals surface area contributed by atoms with Crippen molar-refractivity contribution in [3.8, 4) is 5.75 Å². The van der Waals surface area contributed by atoms with E-state index in [-0.39, 0.29) is 27.8 Å². The molecule has 3 aliphatic rings. The van der Waals surface area contributed by atoms with Crippen LogP contribution in [0.5, 0.6) is 5.75 Å². The highest BCUT2D eigenvalue weighted by Crippen LogP contribution is 2.55. The third-order valence-corrected chi connectivity index (χ3v) is 8.74. The van der Waals surface area contributed by atoms with E-state index in [2.05, 4.69) is 21.9 Å². The van der Waals surface area contributed by atoms with Gasteiger partial charge in [-0.3, -0.25) is 4.72 Å². The number of carboxylic acids is 1. The maximum absolute atomic E-state index is 14.1. The van der Waals surface area contributed by atoms with Crippen LogP contribution in [0.15, 0.2) is 35.2 Å². The maximum Gasteiger partial charge on any atom is 0.341 e. The number of halogens is 1. The van der Waals surface area contributed by atoms with E-state index >= 15 is 0 Å². The average Bonchev–Trinajstić information content (AvgIpc) is 3.47. The molecule has 0 bridgehead atoms. The van der Waals surface area contributed by atoms with Crippen molar-refractivity contribution < 1.29 is 27.4 Å². The molecule has 8 nitrogen and oxygen atoms in total. The van der Waals surface area contributed by atoms with Crippen LogP contribution in [0, 0.1) is 11.7 Å². The first kappa shape index (κ1) is 24.0. The van der Waals surface area contributed by atoms with Gasteiger partial charge in [0.05, 0.1) is 17.2 Å². The Morgan fingerprint density at radius 3 is 2.86 bits per heavy atom. The molecular formula is C25H30FN3O5S. The lowest BCUT2D eigenvalue weighted by atomic mass is 10.0. The fourth-order valence-corrected chi connectivity index (χ4v) is 6.57. The molecule has 3 atom stereocenters. The highest BCUT2D eigenvalue weighted by molar-refractivity contribution is 7.92. The molecule has 2 aromatic rings. The summed E-state index contributed by atoms with van der Waals surface area (Å²) in [4.78, 5) is 14.4. The number of fused-ring (bicyclic) bond motifs is 3. The van der Waals surface area contributed by atoms with Crippen molar-refractivity contribution in [2.24, 2.45) is 5.92 Å². The molecule has 0 amide bonds. The molecule has 1 unspecified atom stereocenters. The first-order valence-electron chi connectivity index (χ1n) is 12.1. The summed E-state index contributed by atoms with van der Waals surface area (Å²) in [6.07, 6.45) is 2.28. The van der Waals surface area contributed by atoms with Gasteiger partial charge in [0.25, 0.3) is 10.0 Å². The van der Waals surface area contributed by atoms with Crippen LogP contribution < -0.4 is 14.8 Å². The zero-order chi connectivity index (χ0) is 24.7. The number of benzene rings is 2. The van der Waals surface area contributed by atoms with Crippen LogP contribution in [0.3, 0.4) is 0 Å². The minimum absolute atomic E-state index is 0.0608. The third kappa shape index (κ3) is 4.87. The van der Waals surface area contributed by atoms with E-state index in [0.29, 0.717) is 37.1 Å². The molecule has 0 radical (unpaired) electrons. The number of nitrogens with one attached hydrogen (secondary N) is 2. The van der Waals surface area contributed by atoms with E-state index in [0.717, 1.165) is 44.1 Å². The number of carboxylic acid groups (broad SMARTS) is 1. The number of hydrogen-bond acceptors (Lipinski definition) is 6. The Bertz CT molecular complexity index is 1250. The Labute approximate surface area is 204 Å². The van der Waals surface area contributed by atoms with E-state index in [9.17, 15) is 22.7 Å². The Hall–Kier alpha value is -2.69. The number of ether oxygens (including phenoxy) is 1. The number of rotatable bonds is 9. The second-order valence-corrected chi connectivity index (χ2v) is 11.2. The summed E-state index contributed by atoms with van der Waals surface area (Å²) in [6, 6.07) is 7.09. The van der Waals surface area contributed by atoms with Crippen LogP contribution in [-0.2, 0) is 16.4 Å². The Morgan fingerprint density at radius 2 is 2.11 bits per heavy atom. The number of likely N-dealkylation sites (N-methyl/N-ethyl adjacent to an activating group) is 1. The van der Waals surface area contributed by atoms with E-state index in [1.54, 1.807) is 6.07 Å². The molecule has 0 spiro atoms. The van der Waals surface area contributed by atoms with Gasteiger partial charge in [0.2, 0.25) is 0 Å². The summed E-state index contributed by atoms with van der Waals surface area (Å²) in [5.74, 6) is -0.888. The zero-order valence-electron chi connectivity index (χ0n) is 19.6. The summed E-state index contributed by atoms with van der Waals surface area (Å²) in [7, 11) is -4.18. The number of carbonyl (C=O) groups is 1. The van der Waals surface area contributed by atoms with E-state index < -0.39 is 21.8 Å². The normalized spacial score (nSPS) is 23.3. The second-order valence-electron chi connectivity index (χ2n) is 9.57. The van der Waals surface area contributed by atoms with Crippen LogP contribution in [0.4, 0.5) is 10.1 Å². The molecule has 1 aliphatic carbocycles. The molecule has 188 valence electrons. The van der Waals surface area contributed by atoms with Gasteiger partial charge >= 0.3 is 5.97 Å². The molecule has 2 fully saturated rings. The topological polar surface area (TPSA) is 108 Å². The molecule has 1 saturated heterocycles. The van der Waals surface area contributed by atoms with Crippen molar-refractivity contribution in [2.75, 3.05) is 37.5 Å². The SMILES string of the molecule is CCN1CCC(NCCc2cc(F)ccc2S(=O)(=O)Nc2ccc3c(c2C(=O)O)OC[C@@H]2C[C@H]32)C1. The molecule has 5 rings (SSSR count). The minimum Gasteiger partial charge on any atom is -0.492 e. The summed E-state index contributed by atoms with van der Waals surface area (Å²) >= 11 is 0. The molecule has 0 aromatic heterocycles. The molecule has 2 heterocycles. The smallest absolute Gasteiger partial charge is 0.341 e. The lowest BCUT2D eigenvalue weighted by molar-refractivity contribution is 0.0692. The van der Waals surface area contributed by atoms with Gasteiger partial charge < -0.3 is 20.1 Å². The molecule has 35 heavy (non-hydrogen) atoms. The van der Waals surface area contributed by atoms with E-state index in [1.807, 2.05) is 0 Å². The number of aromatic carboxylic acids is 1. The van der Waals surface area contributed by atoms with Crippen LogP contribution in [0.25, 0.3) is 0 Å². The van der Waals surface area contributed by atoms with E-state index in [4.69, 9.17) is 4.74 Å². The molecule has 2 aliphatic heterocycles. The Kier molecular flexibility index (Phi) is 6.45. The van der Waals surface area contributed by atoms with Gasteiger partial charge in [-0.25, -0.2) is 17.6 Å². The third-order valence-electron chi connectivity index (χ3n) is 7.27. The molecular weight excluding hydrogens is 473 g/mol. The van der Waals surface area contributed by atoms with Crippen LogP contribution in [0.2, 0.25) is 0 Å². The van der Waals surface area contributed by atoms with Crippen molar-refractivity contribution in [3.05, 3.63) is 52.8 Å². The molecule has 2 aromatic carbocycles. The number of likely N-dealkylation sites (tertiary alicyclic amines) is 1. The largest absolute Gasteiger partial charge is 0.492 e. The molecule has 1 saturated carbocycles. The summed E-state index contributed by atoms with van der Waals surface area (Å²) in [5, 5.41) is 13.3. The quantitative estimate of drug-likeness (QED) is 0.483. The number of nitrogens with zero attached hydrogens (tertiary/aromatic N) is 1. The number of hydrogen-bond donors (Lipinski definition) is 3. The highest BCUT2D eigenvalue weighted by Gasteiger charge is 2.45. The predicted molar refractivity (Wildman–Crippen MR) is 129 cm³/mol. The van der Waals surface area contributed by atoms with Crippen molar-refractivity contribution in [1.29, 1.82) is 0 Å². The first-order chi connectivity index (χ1) is 16.8. The van der Waals surface area contributed by atoms with Gasteiger partial charge in [-0.2, -0.15) is 0 Å². The minimum atomic E-state index is -4.18. The summed E-state index contributed by atoms with van der Waals surface area (Å²) < 4.78 is 48.9. The summed E-state index contributed by atoms with van der Waals surface area (Å²) in [5.41, 5.74) is 0.892. The van der Waals surface area contributed by atoms with Gasteiger partial charge in [-0.15, -0.1) is 0 Å². The fourth-order valence-electron chi connectivity index (χ4n) is 5.25. The Balaban J connectivity index is 1.37.